The number of rotatable bonds is 5. The Labute approximate surface area is 152 Å². The van der Waals surface area contributed by atoms with Crippen molar-refractivity contribution in [2.24, 2.45) is 0 Å². The maximum atomic E-state index is 12.4. The molecule has 3 heteroatoms. The molecule has 0 saturated carbocycles. The van der Waals surface area contributed by atoms with Crippen molar-refractivity contribution in [3.63, 3.8) is 0 Å². The van der Waals surface area contributed by atoms with E-state index in [1.807, 2.05) is 72.8 Å². The van der Waals surface area contributed by atoms with E-state index in [1.165, 1.54) is 0 Å². The third-order valence-corrected chi connectivity index (χ3v) is 4.10. The van der Waals surface area contributed by atoms with Gasteiger partial charge in [-0.1, -0.05) is 84.4 Å². The van der Waals surface area contributed by atoms with Crippen LogP contribution in [0.3, 0.4) is 0 Å². The van der Waals surface area contributed by atoms with Gasteiger partial charge in [0.15, 0.2) is 0 Å². The van der Waals surface area contributed by atoms with Gasteiger partial charge < -0.3 is 5.32 Å². The highest BCUT2D eigenvalue weighted by Gasteiger charge is 2.15. The molecule has 0 unspecified atom stereocenters. The van der Waals surface area contributed by atoms with Crippen molar-refractivity contribution in [3.05, 3.63) is 113 Å². The second-order valence-corrected chi connectivity index (χ2v) is 6.08. The van der Waals surface area contributed by atoms with Crippen molar-refractivity contribution in [2.75, 3.05) is 0 Å². The van der Waals surface area contributed by atoms with E-state index in [2.05, 4.69) is 5.32 Å². The van der Waals surface area contributed by atoms with Gasteiger partial charge in [0.25, 0.3) is 0 Å². The van der Waals surface area contributed by atoms with E-state index >= 15 is 0 Å². The first-order valence-electron chi connectivity index (χ1n) is 8.06. The molecule has 0 aliphatic carbocycles. The van der Waals surface area contributed by atoms with Crippen molar-refractivity contribution in [3.8, 4) is 0 Å². The number of carbonyl (C=O) groups is 1. The van der Waals surface area contributed by atoms with Gasteiger partial charge in [-0.25, -0.2) is 0 Å². The smallest absolute Gasteiger partial charge is 0.244 e. The highest BCUT2D eigenvalue weighted by Crippen LogP contribution is 2.21. The minimum atomic E-state index is -0.190. The quantitative estimate of drug-likeness (QED) is 0.627. The van der Waals surface area contributed by atoms with Crippen molar-refractivity contribution in [1.82, 2.24) is 5.32 Å². The molecule has 2 nitrogen and oxygen atoms in total. The molecule has 0 heterocycles. The first-order valence-corrected chi connectivity index (χ1v) is 8.44. The summed E-state index contributed by atoms with van der Waals surface area (Å²) in [4.78, 5) is 12.4. The van der Waals surface area contributed by atoms with Crippen LogP contribution in [0.5, 0.6) is 0 Å². The summed E-state index contributed by atoms with van der Waals surface area (Å²) in [5.74, 6) is -0.146. The zero-order valence-electron chi connectivity index (χ0n) is 13.6. The molecule has 0 aliphatic rings. The zero-order valence-corrected chi connectivity index (χ0v) is 14.4. The fraction of sp³-hybridized carbons (Fsp3) is 0.0455. The van der Waals surface area contributed by atoms with Gasteiger partial charge in [0, 0.05) is 11.1 Å². The Morgan fingerprint density at radius 2 is 1.32 bits per heavy atom. The monoisotopic (exact) mass is 347 g/mol. The van der Waals surface area contributed by atoms with Crippen LogP contribution >= 0.6 is 11.6 Å². The molecule has 1 N–H and O–H groups in total. The van der Waals surface area contributed by atoms with E-state index in [0.29, 0.717) is 5.02 Å². The summed E-state index contributed by atoms with van der Waals surface area (Å²) in [6.45, 7) is 0. The van der Waals surface area contributed by atoms with Gasteiger partial charge in [0.2, 0.25) is 5.91 Å². The Kier molecular flexibility index (Phi) is 5.65. The van der Waals surface area contributed by atoms with Crippen molar-refractivity contribution in [2.45, 2.75) is 6.04 Å². The largest absolute Gasteiger partial charge is 0.342 e. The lowest BCUT2D eigenvalue weighted by Gasteiger charge is -2.19. The molecule has 0 aliphatic heterocycles. The van der Waals surface area contributed by atoms with Gasteiger partial charge in [-0.3, -0.25) is 4.79 Å². The Hall–Kier alpha value is -2.84. The molecule has 3 aromatic rings. The molecule has 0 saturated heterocycles. The summed E-state index contributed by atoms with van der Waals surface area (Å²) < 4.78 is 0. The summed E-state index contributed by atoms with van der Waals surface area (Å²) in [5, 5.41) is 3.76. The normalized spacial score (nSPS) is 11.0. The van der Waals surface area contributed by atoms with E-state index in [-0.39, 0.29) is 11.9 Å². The second-order valence-electron chi connectivity index (χ2n) is 5.65. The molecular formula is C22H18ClNO. The second kappa shape index (κ2) is 8.32. The summed E-state index contributed by atoms with van der Waals surface area (Å²) in [6, 6.07) is 27.0. The predicted octanol–water partition coefficient (Wildman–Crippen LogP) is 5.26. The van der Waals surface area contributed by atoms with Crippen LogP contribution < -0.4 is 5.32 Å². The average Bonchev–Trinajstić information content (AvgIpc) is 2.67. The molecule has 0 aromatic heterocycles. The van der Waals surface area contributed by atoms with Crippen LogP contribution in [0.15, 0.2) is 91.0 Å². The van der Waals surface area contributed by atoms with Gasteiger partial charge in [-0.05, 0) is 34.9 Å². The summed E-state index contributed by atoms with van der Waals surface area (Å²) in [6.07, 6.45) is 3.32. The lowest BCUT2D eigenvalue weighted by molar-refractivity contribution is -0.116. The van der Waals surface area contributed by atoms with Crippen LogP contribution in [0.1, 0.15) is 22.7 Å². The lowest BCUT2D eigenvalue weighted by Crippen LogP contribution is -2.27. The fourth-order valence-corrected chi connectivity index (χ4v) is 2.71. The van der Waals surface area contributed by atoms with Crippen LogP contribution in [0.2, 0.25) is 5.02 Å². The molecule has 1 amide bonds. The minimum absolute atomic E-state index is 0.146. The lowest BCUT2D eigenvalue weighted by atomic mass is 9.98. The van der Waals surface area contributed by atoms with E-state index in [1.54, 1.807) is 24.3 Å². The van der Waals surface area contributed by atoms with Gasteiger partial charge in [0.05, 0.1) is 6.04 Å². The van der Waals surface area contributed by atoms with Gasteiger partial charge >= 0.3 is 0 Å². The Morgan fingerprint density at radius 3 is 1.84 bits per heavy atom. The third kappa shape index (κ3) is 4.82. The predicted molar refractivity (Wildman–Crippen MR) is 103 cm³/mol. The first-order chi connectivity index (χ1) is 12.2. The fourth-order valence-electron chi connectivity index (χ4n) is 2.59. The average molecular weight is 348 g/mol. The SMILES string of the molecule is O=C(/C=C/c1ccc(Cl)cc1)NC(c1ccccc1)c1ccccc1. The number of carbonyl (C=O) groups excluding carboxylic acids is 1. The molecule has 0 bridgehead atoms. The number of hydrogen-bond acceptors (Lipinski definition) is 1. The summed E-state index contributed by atoms with van der Waals surface area (Å²) >= 11 is 5.88. The van der Waals surface area contributed by atoms with Crippen molar-refractivity contribution >= 4 is 23.6 Å². The summed E-state index contributed by atoms with van der Waals surface area (Å²) in [7, 11) is 0. The number of benzene rings is 3. The number of hydrogen-bond donors (Lipinski definition) is 1. The molecule has 0 atom stereocenters. The van der Waals surface area contributed by atoms with Crippen LogP contribution in [0.25, 0.3) is 6.08 Å². The zero-order chi connectivity index (χ0) is 17.5. The minimum Gasteiger partial charge on any atom is -0.342 e. The third-order valence-electron chi connectivity index (χ3n) is 3.85. The van der Waals surface area contributed by atoms with Crippen LogP contribution in [-0.2, 0) is 4.79 Å². The Morgan fingerprint density at radius 1 is 0.800 bits per heavy atom. The molecule has 3 aromatic carbocycles. The first kappa shape index (κ1) is 17.0. The topological polar surface area (TPSA) is 29.1 Å². The highest BCUT2D eigenvalue weighted by atomic mass is 35.5. The number of nitrogens with one attached hydrogen (secondary N) is 1. The number of halogens is 1. The van der Waals surface area contributed by atoms with Gasteiger partial charge in [-0.2, -0.15) is 0 Å². The summed E-state index contributed by atoms with van der Waals surface area (Å²) in [5.41, 5.74) is 3.01. The Bertz CT molecular complexity index is 803. The maximum Gasteiger partial charge on any atom is 0.244 e. The highest BCUT2D eigenvalue weighted by molar-refractivity contribution is 6.30. The van der Waals surface area contributed by atoms with Crippen molar-refractivity contribution in [1.29, 1.82) is 0 Å². The van der Waals surface area contributed by atoms with E-state index in [0.717, 1.165) is 16.7 Å². The Balaban J connectivity index is 1.78. The van der Waals surface area contributed by atoms with Gasteiger partial charge in [-0.15, -0.1) is 0 Å². The maximum absolute atomic E-state index is 12.4. The molecule has 0 radical (unpaired) electrons. The van der Waals surface area contributed by atoms with Crippen LogP contribution in [0, 0.1) is 0 Å². The van der Waals surface area contributed by atoms with E-state index < -0.39 is 0 Å². The van der Waals surface area contributed by atoms with Crippen LogP contribution in [-0.4, -0.2) is 5.91 Å². The molecule has 3 rings (SSSR count). The van der Waals surface area contributed by atoms with Crippen LogP contribution in [0.4, 0.5) is 0 Å². The molecule has 124 valence electrons. The van der Waals surface area contributed by atoms with E-state index in [4.69, 9.17) is 11.6 Å². The van der Waals surface area contributed by atoms with E-state index in [9.17, 15) is 4.79 Å². The molecule has 0 spiro atoms. The molecular weight excluding hydrogens is 330 g/mol. The van der Waals surface area contributed by atoms with Gasteiger partial charge in [0.1, 0.15) is 0 Å². The van der Waals surface area contributed by atoms with Crippen molar-refractivity contribution < 1.29 is 4.79 Å². The molecule has 0 fully saturated rings. The standard InChI is InChI=1S/C22H18ClNO/c23-20-14-11-17(12-15-20)13-16-21(25)24-22(18-7-3-1-4-8-18)19-9-5-2-6-10-19/h1-16,22H,(H,24,25)/b16-13+. The number of amides is 1. The molecule has 25 heavy (non-hydrogen) atoms.